The minimum Gasteiger partial charge on any atom is -0.465 e. The van der Waals surface area contributed by atoms with Crippen LogP contribution < -0.4 is 10.6 Å². The van der Waals surface area contributed by atoms with Gasteiger partial charge >= 0.3 is 6.09 Å². The number of nitrogens with zero attached hydrogens (tertiary/aromatic N) is 1. The Morgan fingerprint density at radius 1 is 1.00 bits per heavy atom. The lowest BCUT2D eigenvalue weighted by Gasteiger charge is -2.31. The van der Waals surface area contributed by atoms with Crippen LogP contribution in [0.4, 0.5) is 10.5 Å². The van der Waals surface area contributed by atoms with Gasteiger partial charge in [0, 0.05) is 5.02 Å². The molecular formula is C27H22Cl2N2O5S2. The van der Waals surface area contributed by atoms with Crippen molar-refractivity contribution in [3.63, 3.8) is 0 Å². The van der Waals surface area contributed by atoms with Crippen molar-refractivity contribution in [1.29, 1.82) is 0 Å². The summed E-state index contributed by atoms with van der Waals surface area (Å²) in [6.45, 7) is 1.11. The molecule has 0 aliphatic carbocycles. The molecular weight excluding hydrogens is 567 g/mol. The highest BCUT2D eigenvalue weighted by atomic mass is 35.5. The maximum atomic E-state index is 12.7. The van der Waals surface area contributed by atoms with Crippen LogP contribution in [0.25, 0.3) is 0 Å². The fourth-order valence-corrected chi connectivity index (χ4v) is 6.52. The maximum absolute atomic E-state index is 12.7. The summed E-state index contributed by atoms with van der Waals surface area (Å²) in [6, 6.07) is 14.4. The van der Waals surface area contributed by atoms with E-state index in [2.05, 4.69) is 0 Å². The van der Waals surface area contributed by atoms with Crippen LogP contribution in [0.3, 0.4) is 0 Å². The number of thiophene rings is 2. The molecule has 196 valence electrons. The predicted octanol–water partition coefficient (Wildman–Crippen LogP) is 7.30. The fourth-order valence-electron chi connectivity index (χ4n) is 4.38. The molecule has 3 heterocycles. The van der Waals surface area contributed by atoms with Crippen molar-refractivity contribution in [2.75, 3.05) is 18.1 Å². The number of ether oxygens (including phenoxy) is 2. The summed E-state index contributed by atoms with van der Waals surface area (Å²) < 4.78 is 11.1. The average Bonchev–Trinajstić information content (AvgIpc) is 3.68. The van der Waals surface area contributed by atoms with E-state index in [1.54, 1.807) is 53.9 Å². The summed E-state index contributed by atoms with van der Waals surface area (Å²) in [5.41, 5.74) is 9.68. The predicted molar refractivity (Wildman–Crippen MR) is 150 cm³/mol. The van der Waals surface area contributed by atoms with E-state index in [-0.39, 0.29) is 17.0 Å². The molecule has 2 aromatic heterocycles. The minimum absolute atomic E-state index is 0.219. The highest BCUT2D eigenvalue weighted by molar-refractivity contribution is 7.11. The molecule has 1 amide bonds. The molecule has 1 saturated heterocycles. The molecule has 11 heteroatoms. The first-order chi connectivity index (χ1) is 18.4. The molecule has 0 saturated carbocycles. The number of nitrogens with two attached hydrogens (primary N) is 1. The molecule has 1 aliphatic rings. The summed E-state index contributed by atoms with van der Waals surface area (Å²) in [5.74, 6) is 0. The number of anilines is 1. The van der Waals surface area contributed by atoms with Gasteiger partial charge in [-0.3, -0.25) is 9.69 Å². The van der Waals surface area contributed by atoms with Gasteiger partial charge in [-0.05, 0) is 69.4 Å². The first kappa shape index (κ1) is 26.8. The van der Waals surface area contributed by atoms with Crippen molar-refractivity contribution in [3.8, 4) is 0 Å². The zero-order valence-electron chi connectivity index (χ0n) is 19.8. The normalized spacial score (nSPS) is 15.3. The van der Waals surface area contributed by atoms with Crippen molar-refractivity contribution in [2.45, 2.75) is 18.4 Å². The number of amides is 1. The van der Waals surface area contributed by atoms with Gasteiger partial charge in [-0.25, -0.2) is 4.79 Å². The second kappa shape index (κ2) is 11.5. The molecule has 1 fully saturated rings. The van der Waals surface area contributed by atoms with Crippen molar-refractivity contribution >= 4 is 63.9 Å². The van der Waals surface area contributed by atoms with Crippen LogP contribution in [-0.2, 0) is 9.47 Å². The monoisotopic (exact) mass is 588 g/mol. The number of rotatable bonds is 8. The van der Waals surface area contributed by atoms with Crippen LogP contribution in [0.15, 0.2) is 65.4 Å². The van der Waals surface area contributed by atoms with Crippen LogP contribution in [0, 0.1) is 0 Å². The summed E-state index contributed by atoms with van der Waals surface area (Å²) >= 11 is 15.7. The zero-order valence-corrected chi connectivity index (χ0v) is 22.9. The highest BCUT2D eigenvalue weighted by Gasteiger charge is 2.31. The summed E-state index contributed by atoms with van der Waals surface area (Å²) in [4.78, 5) is 26.7. The van der Waals surface area contributed by atoms with E-state index in [1.165, 1.54) is 27.6 Å². The van der Waals surface area contributed by atoms with Gasteiger partial charge in [-0.1, -0.05) is 41.4 Å². The second-order valence-corrected chi connectivity index (χ2v) is 11.3. The zero-order chi connectivity index (χ0) is 26.8. The number of hydrogen-bond donors (Lipinski definition) is 2. The number of hydrogen-bond acceptors (Lipinski definition) is 7. The van der Waals surface area contributed by atoms with Gasteiger partial charge in [0.2, 0.25) is 0 Å². The quantitative estimate of drug-likeness (QED) is 0.209. The van der Waals surface area contributed by atoms with E-state index in [4.69, 9.17) is 38.4 Å². The third-order valence-electron chi connectivity index (χ3n) is 6.14. The molecule has 2 aromatic carbocycles. The Balaban J connectivity index is 1.51. The Bertz CT molecular complexity index is 1470. The molecule has 3 N–H and O–H groups in total. The molecule has 0 radical (unpaired) electrons. The van der Waals surface area contributed by atoms with Crippen molar-refractivity contribution in [3.05, 3.63) is 107 Å². The third-order valence-corrected chi connectivity index (χ3v) is 8.53. The Morgan fingerprint density at radius 2 is 1.76 bits per heavy atom. The number of halogens is 2. The number of carbonyl (C=O) groups excluding carboxylic acids is 1. The second-order valence-electron chi connectivity index (χ2n) is 8.55. The van der Waals surface area contributed by atoms with E-state index >= 15 is 0 Å². The first-order valence-corrected chi connectivity index (χ1v) is 14.0. The van der Waals surface area contributed by atoms with Crippen LogP contribution >= 0.6 is 45.9 Å². The largest absolute Gasteiger partial charge is 0.465 e. The molecule has 38 heavy (non-hydrogen) atoms. The summed E-state index contributed by atoms with van der Waals surface area (Å²) in [7, 11) is 0. The lowest BCUT2D eigenvalue weighted by molar-refractivity contribution is -0.0413. The van der Waals surface area contributed by atoms with Gasteiger partial charge in [0.1, 0.15) is 0 Å². The average molecular weight is 590 g/mol. The van der Waals surface area contributed by atoms with E-state index in [0.29, 0.717) is 34.2 Å². The van der Waals surface area contributed by atoms with E-state index < -0.39 is 18.2 Å². The molecule has 4 aromatic rings. The topological polar surface area (TPSA) is 102 Å². The van der Waals surface area contributed by atoms with Gasteiger partial charge in [0.25, 0.3) is 0 Å². The molecule has 1 aliphatic heterocycles. The van der Waals surface area contributed by atoms with Crippen molar-refractivity contribution in [2.24, 2.45) is 5.73 Å². The minimum atomic E-state index is -1.22. The summed E-state index contributed by atoms with van der Waals surface area (Å²) in [5, 5.41) is 14.7. The number of carbonyl (C=O) groups is 2. The third kappa shape index (κ3) is 5.50. The van der Waals surface area contributed by atoms with E-state index in [1.807, 2.05) is 11.4 Å². The van der Waals surface area contributed by atoms with Crippen LogP contribution in [0.2, 0.25) is 10.0 Å². The molecule has 0 spiro atoms. The van der Waals surface area contributed by atoms with Gasteiger partial charge < -0.3 is 20.3 Å². The summed E-state index contributed by atoms with van der Waals surface area (Å²) in [6.07, 6.45) is -0.860. The molecule has 0 bridgehead atoms. The van der Waals surface area contributed by atoms with Crippen molar-refractivity contribution in [1.82, 2.24) is 0 Å². The lowest BCUT2D eigenvalue weighted by atomic mass is 9.97. The standard InChI is InChI=1S/C27H22Cl2N2O5S2/c28-19-3-1-2-16(8-19)25(18-9-20(12-32)37-14-18)31(27(33)34)22-5-4-15(10-21(22)29)24(30)17-11-23(38-13-17)26-35-6-7-36-26/h1-5,8-14,24-26H,6-7,30H2,(H,33,34). The SMILES string of the molecule is NC(c1csc(C2OCCO2)c1)c1ccc(N(C(=O)O)C(c2cccc(Cl)c2)c2csc(C=O)c2)c(Cl)c1. The van der Waals surface area contributed by atoms with Gasteiger partial charge in [-0.15, -0.1) is 22.7 Å². The van der Waals surface area contributed by atoms with Gasteiger partial charge in [-0.2, -0.15) is 0 Å². The fraction of sp³-hybridized carbons (Fsp3) is 0.185. The van der Waals surface area contributed by atoms with E-state index in [9.17, 15) is 14.7 Å². The number of aldehydes is 1. The number of benzene rings is 2. The molecule has 2 atom stereocenters. The van der Waals surface area contributed by atoms with Crippen LogP contribution in [0.5, 0.6) is 0 Å². The van der Waals surface area contributed by atoms with Crippen LogP contribution in [0.1, 0.15) is 55.2 Å². The Morgan fingerprint density at radius 3 is 2.42 bits per heavy atom. The molecule has 2 unspecified atom stereocenters. The smallest absolute Gasteiger partial charge is 0.412 e. The van der Waals surface area contributed by atoms with Crippen LogP contribution in [-0.4, -0.2) is 30.7 Å². The van der Waals surface area contributed by atoms with Gasteiger partial charge in [0.15, 0.2) is 12.6 Å². The van der Waals surface area contributed by atoms with Crippen molar-refractivity contribution < 1.29 is 24.2 Å². The van der Waals surface area contributed by atoms with E-state index in [0.717, 1.165) is 22.3 Å². The lowest BCUT2D eigenvalue weighted by Crippen LogP contribution is -2.34. The molecule has 5 rings (SSSR count). The Labute approximate surface area is 236 Å². The Kier molecular flexibility index (Phi) is 8.15. The first-order valence-electron chi connectivity index (χ1n) is 11.5. The highest BCUT2D eigenvalue weighted by Crippen LogP contribution is 2.40. The maximum Gasteiger partial charge on any atom is 0.412 e. The Hall–Kier alpha value is -2.76. The number of carboxylic acid groups (broad SMARTS) is 1. The molecule has 7 nitrogen and oxygen atoms in total. The van der Waals surface area contributed by atoms with Gasteiger partial charge in [0.05, 0.1) is 45.8 Å².